The fraction of sp³-hybridized carbons (Fsp3) is 0.286. The zero-order chi connectivity index (χ0) is 10.9. The van der Waals surface area contributed by atoms with Crippen molar-refractivity contribution in [1.29, 1.82) is 0 Å². The highest BCUT2D eigenvalue weighted by atomic mass is 35.5. The van der Waals surface area contributed by atoms with Gasteiger partial charge in [0.15, 0.2) is 5.69 Å². The van der Waals surface area contributed by atoms with Crippen LogP contribution in [0.1, 0.15) is 11.3 Å². The molecule has 0 atom stereocenters. The van der Waals surface area contributed by atoms with Gasteiger partial charge in [0.2, 0.25) is 0 Å². The highest BCUT2D eigenvalue weighted by molar-refractivity contribution is 6.35. The average Bonchev–Trinajstić information content (AvgIpc) is 2.01. The summed E-state index contributed by atoms with van der Waals surface area (Å²) in [5, 5.41) is -0.441. The lowest BCUT2D eigenvalue weighted by Crippen LogP contribution is -2.12. The Balaban J connectivity index is 3.40. The number of pyridine rings is 1. The van der Waals surface area contributed by atoms with Crippen LogP contribution in [0, 0.1) is 0 Å². The maximum absolute atomic E-state index is 12.4. The zero-order valence-corrected chi connectivity index (χ0v) is 8.77. The Morgan fingerprint density at radius 1 is 1.29 bits per heavy atom. The number of rotatable bonds is 1. The lowest BCUT2D eigenvalue weighted by atomic mass is 10.2. The molecule has 1 rings (SSSR count). The van der Waals surface area contributed by atoms with Crippen molar-refractivity contribution in [1.82, 2.24) is 4.98 Å². The summed E-state index contributed by atoms with van der Waals surface area (Å²) < 4.78 is 37.1. The predicted octanol–water partition coefficient (Wildman–Crippen LogP) is 4.15. The van der Waals surface area contributed by atoms with Crippen molar-refractivity contribution in [3.63, 3.8) is 0 Å². The molecule has 0 fully saturated rings. The van der Waals surface area contributed by atoms with E-state index in [0.29, 0.717) is 0 Å². The molecule has 1 aromatic heterocycles. The highest BCUT2D eigenvalue weighted by Gasteiger charge is 2.36. The molecular formula is C7H3Cl3F3N. The van der Waals surface area contributed by atoms with Crippen LogP contribution in [0.25, 0.3) is 0 Å². The molecule has 1 nitrogen and oxygen atoms in total. The van der Waals surface area contributed by atoms with Crippen LogP contribution in [0.4, 0.5) is 13.2 Å². The van der Waals surface area contributed by atoms with E-state index in [1.54, 1.807) is 0 Å². The Kier molecular flexibility index (Phi) is 3.50. The molecule has 0 radical (unpaired) electrons. The summed E-state index contributed by atoms with van der Waals surface area (Å²) in [5.74, 6) is -0.363. The second-order valence-corrected chi connectivity index (χ2v) is 3.45. The SMILES string of the molecule is FC(F)(F)c1nc(Cl)cc(Cl)c1CCl. The molecule has 0 N–H and O–H groups in total. The first kappa shape index (κ1) is 11.9. The first-order valence-electron chi connectivity index (χ1n) is 3.34. The van der Waals surface area contributed by atoms with Gasteiger partial charge in [0.25, 0.3) is 0 Å². The molecule has 0 spiro atoms. The molecule has 0 aliphatic heterocycles. The number of aromatic nitrogens is 1. The molecule has 0 saturated carbocycles. The van der Waals surface area contributed by atoms with Gasteiger partial charge in [0.1, 0.15) is 5.15 Å². The number of halogens is 6. The van der Waals surface area contributed by atoms with Crippen molar-refractivity contribution < 1.29 is 13.2 Å². The monoisotopic (exact) mass is 263 g/mol. The van der Waals surface area contributed by atoms with Gasteiger partial charge in [0, 0.05) is 5.56 Å². The standard InChI is InChI=1S/C7H3Cl3F3N/c8-2-3-4(9)1-5(10)14-6(3)7(11,12)13/h1H,2H2. The molecule has 7 heteroatoms. The second-order valence-electron chi connectivity index (χ2n) is 2.39. The lowest BCUT2D eigenvalue weighted by molar-refractivity contribution is -0.141. The molecule has 14 heavy (non-hydrogen) atoms. The quantitative estimate of drug-likeness (QED) is 0.548. The highest BCUT2D eigenvalue weighted by Crippen LogP contribution is 2.35. The van der Waals surface area contributed by atoms with Crippen molar-refractivity contribution in [3.8, 4) is 0 Å². The summed E-state index contributed by atoms with van der Waals surface area (Å²) in [4.78, 5) is 3.15. The molecule has 0 saturated heterocycles. The summed E-state index contributed by atoms with van der Waals surface area (Å²) in [6.45, 7) is 0. The van der Waals surface area contributed by atoms with Crippen molar-refractivity contribution in [2.75, 3.05) is 0 Å². The minimum atomic E-state index is -4.60. The third kappa shape index (κ3) is 2.43. The topological polar surface area (TPSA) is 12.9 Å². The molecule has 0 aliphatic rings. The van der Waals surface area contributed by atoms with Crippen molar-refractivity contribution in [2.45, 2.75) is 12.1 Å². The van der Waals surface area contributed by atoms with Crippen LogP contribution in [0.2, 0.25) is 10.2 Å². The first-order chi connectivity index (χ1) is 6.36. The Hall–Kier alpha value is -0.190. The van der Waals surface area contributed by atoms with E-state index < -0.39 is 11.9 Å². The fourth-order valence-electron chi connectivity index (χ4n) is 0.873. The lowest BCUT2D eigenvalue weighted by Gasteiger charge is -2.11. The Labute approximate surface area is 92.8 Å². The van der Waals surface area contributed by atoms with E-state index in [1.165, 1.54) is 0 Å². The number of alkyl halides is 4. The number of nitrogens with zero attached hydrogens (tertiary/aromatic N) is 1. The average molecular weight is 264 g/mol. The fourth-order valence-corrected chi connectivity index (χ4v) is 1.72. The van der Waals surface area contributed by atoms with Crippen LogP contribution >= 0.6 is 34.8 Å². The Bertz CT molecular complexity index is 351. The smallest absolute Gasteiger partial charge is 0.231 e. The molecule has 0 aliphatic carbocycles. The van der Waals surface area contributed by atoms with Gasteiger partial charge >= 0.3 is 6.18 Å². The third-order valence-corrected chi connectivity index (χ3v) is 2.24. The van der Waals surface area contributed by atoms with E-state index in [9.17, 15) is 13.2 Å². The summed E-state index contributed by atoms with van der Waals surface area (Å²) in [6, 6.07) is 1.12. The van der Waals surface area contributed by atoms with Gasteiger partial charge in [-0.2, -0.15) is 13.2 Å². The van der Waals surface area contributed by atoms with Gasteiger partial charge in [-0.1, -0.05) is 23.2 Å². The van der Waals surface area contributed by atoms with Crippen LogP contribution in [0.5, 0.6) is 0 Å². The molecular weight excluding hydrogens is 261 g/mol. The number of hydrogen-bond acceptors (Lipinski definition) is 1. The van der Waals surface area contributed by atoms with Crippen molar-refractivity contribution in [2.24, 2.45) is 0 Å². The molecule has 0 bridgehead atoms. The molecule has 78 valence electrons. The molecule has 1 heterocycles. The summed E-state index contributed by atoms with van der Waals surface area (Å²) >= 11 is 16.2. The van der Waals surface area contributed by atoms with Crippen LogP contribution in [-0.4, -0.2) is 4.98 Å². The van der Waals surface area contributed by atoms with Gasteiger partial charge in [-0.15, -0.1) is 11.6 Å². The molecule has 0 unspecified atom stereocenters. The largest absolute Gasteiger partial charge is 0.433 e. The molecule has 0 aromatic carbocycles. The summed E-state index contributed by atoms with van der Waals surface area (Å²) in [7, 11) is 0. The second kappa shape index (κ2) is 4.13. The third-order valence-electron chi connectivity index (χ3n) is 1.44. The van der Waals surface area contributed by atoms with E-state index in [1.807, 2.05) is 0 Å². The number of hydrogen-bond donors (Lipinski definition) is 0. The maximum atomic E-state index is 12.4. The van der Waals surface area contributed by atoms with E-state index in [4.69, 9.17) is 34.8 Å². The minimum absolute atomic E-state index is 0.132. The predicted molar refractivity (Wildman–Crippen MR) is 48.8 cm³/mol. The van der Waals surface area contributed by atoms with Crippen LogP contribution in [0.15, 0.2) is 6.07 Å². The Morgan fingerprint density at radius 2 is 1.86 bits per heavy atom. The molecule has 0 amide bonds. The van der Waals surface area contributed by atoms with Crippen molar-refractivity contribution in [3.05, 3.63) is 27.5 Å². The van der Waals surface area contributed by atoms with E-state index >= 15 is 0 Å². The Morgan fingerprint density at radius 3 is 2.29 bits per heavy atom. The van der Waals surface area contributed by atoms with Gasteiger partial charge in [0.05, 0.1) is 10.9 Å². The van der Waals surface area contributed by atoms with Crippen LogP contribution < -0.4 is 0 Å². The van der Waals surface area contributed by atoms with Crippen molar-refractivity contribution >= 4 is 34.8 Å². The summed E-state index contributed by atoms with van der Waals surface area (Å²) in [6.07, 6.45) is -4.60. The van der Waals surface area contributed by atoms with Crippen LogP contribution in [-0.2, 0) is 12.1 Å². The van der Waals surface area contributed by atoms with Gasteiger partial charge < -0.3 is 0 Å². The maximum Gasteiger partial charge on any atom is 0.433 e. The van der Waals surface area contributed by atoms with Gasteiger partial charge in [-0.05, 0) is 6.07 Å². The molecule has 1 aromatic rings. The van der Waals surface area contributed by atoms with Crippen LogP contribution in [0.3, 0.4) is 0 Å². The minimum Gasteiger partial charge on any atom is -0.231 e. The zero-order valence-electron chi connectivity index (χ0n) is 6.50. The van der Waals surface area contributed by atoms with E-state index in [-0.39, 0.29) is 21.6 Å². The normalized spacial score (nSPS) is 11.9. The van der Waals surface area contributed by atoms with E-state index in [0.717, 1.165) is 6.07 Å². The van der Waals surface area contributed by atoms with Gasteiger partial charge in [-0.25, -0.2) is 4.98 Å². The van der Waals surface area contributed by atoms with E-state index in [2.05, 4.69) is 4.98 Å². The first-order valence-corrected chi connectivity index (χ1v) is 4.63. The summed E-state index contributed by atoms with van der Waals surface area (Å²) in [5.41, 5.74) is -1.39. The van der Waals surface area contributed by atoms with Gasteiger partial charge in [-0.3, -0.25) is 0 Å².